The fourth-order valence-electron chi connectivity index (χ4n) is 12.4. The molecule has 1 aliphatic heterocycles. The number of hydrogen-bond acceptors (Lipinski definition) is 7. The number of aldehydes is 1. The van der Waals surface area contributed by atoms with Crippen molar-refractivity contribution in [3.63, 3.8) is 0 Å². The standard InChI is InChI=1S/C31H44BFN2O3Si.C25H33FN2O2Si/c1-9-39(10-2,11-3)38-31(18-19-32-36-28(4,5)29(6,7)37-32)17-16-24-20-27-23(21-30(24,31)8)22-34-35(27)26-14-12-25(33)13-15-26;1-5-31(6-2,7-3)30-25(14-15-29)13-12-20-16-23-19(17-24(20,25)4)18-27-28(23)22-10-8-21(26)9-11-22/h12-15,18-20,22H,9-11,16-17,21H2,1-8H3;8-11,15-16,18H,5-7,12-14,17H2,1-4H3/b19-18+;/t30-,31+;24-,25+/m00/s1. The number of carbonyl (C=O) groups is 1. The molecule has 9 nitrogen and oxygen atoms in total. The van der Waals surface area contributed by atoms with Gasteiger partial charge in [-0.25, -0.2) is 18.1 Å². The van der Waals surface area contributed by atoms with Crippen LogP contribution in [0.3, 0.4) is 0 Å². The maximum Gasteiger partial charge on any atom is 0.486 e. The topological polar surface area (TPSA) is 89.6 Å². The highest BCUT2D eigenvalue weighted by Gasteiger charge is 2.60. The largest absolute Gasteiger partial charge is 0.486 e. The van der Waals surface area contributed by atoms with Crippen LogP contribution in [-0.4, -0.2) is 72.0 Å². The lowest BCUT2D eigenvalue weighted by molar-refractivity contribution is -0.115. The zero-order valence-corrected chi connectivity index (χ0v) is 46.0. The van der Waals surface area contributed by atoms with Crippen LogP contribution in [0.1, 0.15) is 138 Å². The predicted octanol–water partition coefficient (Wildman–Crippen LogP) is 13.8. The second-order valence-corrected chi connectivity index (χ2v) is 31.6. The van der Waals surface area contributed by atoms with E-state index in [1.165, 1.54) is 41.0 Å². The number of hydrogen-bond donors (Lipinski definition) is 0. The lowest BCUT2D eigenvalue weighted by Gasteiger charge is -2.50. The second-order valence-electron chi connectivity index (χ2n) is 22.2. The Labute approximate surface area is 418 Å². The first-order valence-electron chi connectivity index (χ1n) is 26.2. The molecule has 70 heavy (non-hydrogen) atoms. The van der Waals surface area contributed by atoms with Crippen LogP contribution in [0.5, 0.6) is 0 Å². The molecule has 0 radical (unpaired) electrons. The molecule has 0 spiro atoms. The number of benzene rings is 2. The van der Waals surface area contributed by atoms with Gasteiger partial charge in [-0.3, -0.25) is 0 Å². The normalized spacial score (nSPS) is 26.5. The van der Waals surface area contributed by atoms with Crippen molar-refractivity contribution in [2.75, 3.05) is 0 Å². The van der Waals surface area contributed by atoms with E-state index < -0.39 is 35.0 Å². The van der Waals surface area contributed by atoms with Crippen molar-refractivity contribution >= 4 is 42.2 Å². The van der Waals surface area contributed by atoms with Crippen LogP contribution in [0.15, 0.2) is 84.1 Å². The van der Waals surface area contributed by atoms with Crippen LogP contribution < -0.4 is 0 Å². The van der Waals surface area contributed by atoms with E-state index >= 15 is 0 Å². The quantitative estimate of drug-likeness (QED) is 0.0816. The molecule has 0 N–H and O–H groups in total. The minimum Gasteiger partial charge on any atom is -0.410 e. The zero-order valence-electron chi connectivity index (χ0n) is 44.0. The maximum atomic E-state index is 13.6. The fraction of sp³-hybridized carbons (Fsp3) is 0.554. The summed E-state index contributed by atoms with van der Waals surface area (Å²) in [6.07, 6.45) is 17.6. The van der Waals surface area contributed by atoms with E-state index in [0.717, 1.165) is 109 Å². The maximum absolute atomic E-state index is 13.6. The number of carbonyl (C=O) groups excluding carboxylic acids is 1. The van der Waals surface area contributed by atoms with E-state index in [2.05, 4.69) is 112 Å². The third-order valence-electron chi connectivity index (χ3n) is 18.4. The lowest BCUT2D eigenvalue weighted by Crippen LogP contribution is -2.55. The predicted molar refractivity (Wildman–Crippen MR) is 283 cm³/mol. The molecule has 4 aromatic rings. The molecular weight excluding hydrogens is 914 g/mol. The Hall–Kier alpha value is -4.05. The van der Waals surface area contributed by atoms with Crippen LogP contribution in [0.25, 0.3) is 23.5 Å². The summed E-state index contributed by atoms with van der Waals surface area (Å²) in [6.45, 7) is 26.6. The van der Waals surface area contributed by atoms with Crippen LogP contribution in [0, 0.1) is 22.5 Å². The van der Waals surface area contributed by atoms with Crippen LogP contribution in [0.2, 0.25) is 36.3 Å². The number of nitrogens with zero attached hydrogens (tertiary/aromatic N) is 4. The second kappa shape index (κ2) is 19.4. The summed E-state index contributed by atoms with van der Waals surface area (Å²) >= 11 is 0. The summed E-state index contributed by atoms with van der Waals surface area (Å²) in [7, 11) is -4.28. The summed E-state index contributed by atoms with van der Waals surface area (Å²) in [5.74, 6) is 1.62. The summed E-state index contributed by atoms with van der Waals surface area (Å²) in [5, 5.41) is 9.35. The first kappa shape index (κ1) is 52.3. The van der Waals surface area contributed by atoms with Gasteiger partial charge in [-0.1, -0.05) is 78.6 Å². The molecule has 14 heteroatoms. The molecule has 4 atom stereocenters. The van der Waals surface area contributed by atoms with Gasteiger partial charge in [0.05, 0.1) is 57.6 Å². The van der Waals surface area contributed by atoms with Crippen molar-refractivity contribution < 1.29 is 31.7 Å². The molecule has 376 valence electrons. The third kappa shape index (κ3) is 8.88. The average Bonchev–Trinajstić information content (AvgIpc) is 4.12. The summed E-state index contributed by atoms with van der Waals surface area (Å²) < 4.78 is 58.2. The Morgan fingerprint density at radius 1 is 0.643 bits per heavy atom. The minimum absolute atomic E-state index is 0.213. The van der Waals surface area contributed by atoms with Crippen LogP contribution in [-0.2, 0) is 35.8 Å². The van der Waals surface area contributed by atoms with Crippen molar-refractivity contribution in [2.45, 2.75) is 187 Å². The van der Waals surface area contributed by atoms with Crippen molar-refractivity contribution in [3.05, 3.63) is 118 Å². The smallest absolute Gasteiger partial charge is 0.410 e. The first-order valence-corrected chi connectivity index (χ1v) is 31.2. The molecule has 2 saturated carbocycles. The van der Waals surface area contributed by atoms with E-state index in [1.54, 1.807) is 24.3 Å². The molecule has 3 heterocycles. The fourth-order valence-corrected chi connectivity index (χ4v) is 18.7. The van der Waals surface area contributed by atoms with Gasteiger partial charge in [-0.2, -0.15) is 10.2 Å². The van der Waals surface area contributed by atoms with Gasteiger partial charge < -0.3 is 23.0 Å². The van der Waals surface area contributed by atoms with Gasteiger partial charge in [0.25, 0.3) is 0 Å². The van der Waals surface area contributed by atoms with Gasteiger partial charge in [0.1, 0.15) is 17.9 Å². The molecule has 3 fully saturated rings. The molecule has 1 saturated heterocycles. The number of halogens is 2. The van der Waals surface area contributed by atoms with E-state index in [0.29, 0.717) is 6.42 Å². The van der Waals surface area contributed by atoms with E-state index in [9.17, 15) is 13.6 Å². The summed E-state index contributed by atoms with van der Waals surface area (Å²) in [5.41, 5.74) is 6.87. The van der Waals surface area contributed by atoms with E-state index in [-0.39, 0.29) is 33.7 Å². The number of fused-ring (bicyclic) bond motifs is 4. The number of aromatic nitrogens is 4. The highest BCUT2D eigenvalue weighted by Crippen LogP contribution is 2.61. The Kier molecular flexibility index (Phi) is 14.5. The van der Waals surface area contributed by atoms with Gasteiger partial charge >= 0.3 is 7.12 Å². The summed E-state index contributed by atoms with van der Waals surface area (Å²) in [6, 6.07) is 19.5. The molecule has 0 bridgehead atoms. The van der Waals surface area contributed by atoms with Gasteiger partial charge in [-0.15, -0.1) is 0 Å². The summed E-state index contributed by atoms with van der Waals surface area (Å²) in [4.78, 5) is 11.9. The van der Waals surface area contributed by atoms with Gasteiger partial charge in [0, 0.05) is 17.3 Å². The molecule has 9 rings (SSSR count). The Bertz CT molecular complexity index is 2600. The Morgan fingerprint density at radius 3 is 1.53 bits per heavy atom. The third-order valence-corrected chi connectivity index (χ3v) is 27.8. The first-order chi connectivity index (χ1) is 33.2. The molecule has 2 aromatic carbocycles. The van der Waals surface area contributed by atoms with Crippen molar-refractivity contribution in [3.8, 4) is 11.4 Å². The highest BCUT2D eigenvalue weighted by atomic mass is 28.4. The highest BCUT2D eigenvalue weighted by molar-refractivity contribution is 6.74. The SMILES string of the molecule is CC[Si](CC)(CC)O[C@@]1(/C=C/B2OC(C)(C)C(C)(C)O2)CCC2=Cc3c(cnn3-c3ccc(F)cc3)C[C@@]21C.CC[Si](CC)(CC)O[C@@]1(CC=O)CCC2=Cc3c(cnn3-c3ccc(F)cc3)C[C@@]21C. The van der Waals surface area contributed by atoms with Crippen molar-refractivity contribution in [2.24, 2.45) is 10.8 Å². The Morgan fingerprint density at radius 2 is 1.07 bits per heavy atom. The van der Waals surface area contributed by atoms with Crippen LogP contribution in [0.4, 0.5) is 8.78 Å². The molecule has 0 amide bonds. The van der Waals surface area contributed by atoms with Gasteiger partial charge in [0.2, 0.25) is 0 Å². The number of rotatable bonds is 16. The monoisotopic (exact) mass is 991 g/mol. The molecule has 0 unspecified atom stereocenters. The zero-order chi connectivity index (χ0) is 50.5. The van der Waals surface area contributed by atoms with Crippen molar-refractivity contribution in [1.29, 1.82) is 0 Å². The Balaban J connectivity index is 0.000000193. The lowest BCUT2D eigenvalue weighted by atomic mass is 9.66. The average molecular weight is 991 g/mol. The molecular formula is C56H77BF2N4O5Si2. The van der Waals surface area contributed by atoms with Gasteiger partial charge in [0.15, 0.2) is 16.6 Å². The minimum atomic E-state index is -1.97. The van der Waals surface area contributed by atoms with E-state index in [1.807, 2.05) is 21.8 Å². The van der Waals surface area contributed by atoms with Crippen LogP contribution >= 0.6 is 0 Å². The molecule has 5 aliphatic rings. The molecule has 4 aliphatic carbocycles. The van der Waals surface area contributed by atoms with Crippen molar-refractivity contribution in [1.82, 2.24) is 19.6 Å². The molecule has 2 aromatic heterocycles. The van der Waals surface area contributed by atoms with E-state index in [4.69, 9.17) is 23.3 Å². The van der Waals surface area contributed by atoms with Gasteiger partial charge in [-0.05, 0) is 174 Å².